The molecule has 1 amide bonds. The number of aliphatic carboxylic acids is 1. The van der Waals surface area contributed by atoms with Crippen LogP contribution in [0.2, 0.25) is 0 Å². The van der Waals surface area contributed by atoms with Gasteiger partial charge in [0.05, 0.1) is 0 Å². The van der Waals surface area contributed by atoms with E-state index in [0.717, 1.165) is 51.4 Å². The maximum absolute atomic E-state index is 12.5. The SMILES string of the molecule is CCCCC/C=C\C/C=C\C(CCCCCCC(=O)NC(CCCN)C(=O)O)OC(=O)CCCCCCCCCCC. The molecule has 0 heterocycles. The number of carboxylic acids is 1. The molecule has 0 aromatic carbocycles. The van der Waals surface area contributed by atoms with Crippen LogP contribution in [0.15, 0.2) is 24.3 Å². The minimum atomic E-state index is -1.02. The molecule has 2 atom stereocenters. The van der Waals surface area contributed by atoms with Crippen LogP contribution >= 0.6 is 0 Å². The Labute approximate surface area is 257 Å². The molecule has 2 unspecified atom stereocenters. The van der Waals surface area contributed by atoms with Gasteiger partial charge in [0.1, 0.15) is 12.1 Å². The fourth-order valence-electron chi connectivity index (χ4n) is 4.87. The predicted octanol–water partition coefficient (Wildman–Crippen LogP) is 8.55. The van der Waals surface area contributed by atoms with Crippen LogP contribution in [0.4, 0.5) is 0 Å². The second-order valence-electron chi connectivity index (χ2n) is 11.6. The Hall–Kier alpha value is -2.15. The van der Waals surface area contributed by atoms with Crippen LogP contribution in [0.3, 0.4) is 0 Å². The fraction of sp³-hybridized carbons (Fsp3) is 0.800. The number of hydrogen-bond acceptors (Lipinski definition) is 5. The Morgan fingerprint density at radius 2 is 1.31 bits per heavy atom. The van der Waals surface area contributed by atoms with Gasteiger partial charge in [0, 0.05) is 12.8 Å². The maximum atomic E-state index is 12.5. The van der Waals surface area contributed by atoms with E-state index in [-0.39, 0.29) is 18.0 Å². The summed E-state index contributed by atoms with van der Waals surface area (Å²) < 4.78 is 5.85. The van der Waals surface area contributed by atoms with Crippen LogP contribution in [0, 0.1) is 0 Å². The molecule has 244 valence electrons. The normalized spacial score (nSPS) is 13.0. The summed E-state index contributed by atoms with van der Waals surface area (Å²) in [5, 5.41) is 11.9. The zero-order valence-electron chi connectivity index (χ0n) is 27.1. The quantitative estimate of drug-likeness (QED) is 0.0437. The third kappa shape index (κ3) is 26.7. The number of rotatable bonds is 30. The van der Waals surface area contributed by atoms with Crippen LogP contribution in [0.1, 0.15) is 162 Å². The molecule has 42 heavy (non-hydrogen) atoms. The Balaban J connectivity index is 4.42. The van der Waals surface area contributed by atoms with E-state index in [1.807, 2.05) is 6.08 Å². The minimum Gasteiger partial charge on any atom is -0.480 e. The summed E-state index contributed by atoms with van der Waals surface area (Å²) >= 11 is 0. The summed E-state index contributed by atoms with van der Waals surface area (Å²) in [5.41, 5.74) is 5.46. The summed E-state index contributed by atoms with van der Waals surface area (Å²) in [5.74, 6) is -1.36. The number of nitrogens with one attached hydrogen (secondary N) is 1. The Kier molecular flexibility index (Phi) is 28.8. The number of ether oxygens (including phenoxy) is 1. The fourth-order valence-corrected chi connectivity index (χ4v) is 4.87. The summed E-state index contributed by atoms with van der Waals surface area (Å²) in [6.45, 7) is 4.85. The van der Waals surface area contributed by atoms with E-state index in [9.17, 15) is 19.5 Å². The van der Waals surface area contributed by atoms with Crippen molar-refractivity contribution < 1.29 is 24.2 Å². The number of unbranched alkanes of at least 4 members (excludes halogenated alkanes) is 14. The lowest BCUT2D eigenvalue weighted by Crippen LogP contribution is -2.40. The maximum Gasteiger partial charge on any atom is 0.326 e. The van der Waals surface area contributed by atoms with Gasteiger partial charge < -0.3 is 20.9 Å². The van der Waals surface area contributed by atoms with E-state index >= 15 is 0 Å². The Morgan fingerprint density at radius 1 is 0.714 bits per heavy atom. The van der Waals surface area contributed by atoms with Crippen molar-refractivity contribution in [2.75, 3.05) is 6.54 Å². The molecule has 0 aromatic heterocycles. The molecule has 0 aliphatic rings. The van der Waals surface area contributed by atoms with Crippen molar-refractivity contribution in [3.8, 4) is 0 Å². The second kappa shape index (κ2) is 30.3. The molecule has 0 saturated carbocycles. The van der Waals surface area contributed by atoms with E-state index in [4.69, 9.17) is 10.5 Å². The van der Waals surface area contributed by atoms with Crippen molar-refractivity contribution in [3.63, 3.8) is 0 Å². The molecule has 0 spiro atoms. The van der Waals surface area contributed by atoms with Gasteiger partial charge in [0.2, 0.25) is 5.91 Å². The molecule has 7 heteroatoms. The van der Waals surface area contributed by atoms with Gasteiger partial charge in [-0.1, -0.05) is 109 Å². The van der Waals surface area contributed by atoms with E-state index in [0.29, 0.717) is 38.6 Å². The van der Waals surface area contributed by atoms with Crippen LogP contribution < -0.4 is 11.1 Å². The van der Waals surface area contributed by atoms with Gasteiger partial charge in [-0.25, -0.2) is 4.79 Å². The highest BCUT2D eigenvalue weighted by Gasteiger charge is 2.18. The van der Waals surface area contributed by atoms with Crippen molar-refractivity contribution >= 4 is 17.8 Å². The van der Waals surface area contributed by atoms with E-state index < -0.39 is 12.0 Å². The molecule has 0 aliphatic carbocycles. The number of allylic oxidation sites excluding steroid dienone is 3. The van der Waals surface area contributed by atoms with E-state index in [1.54, 1.807) is 0 Å². The highest BCUT2D eigenvalue weighted by atomic mass is 16.5. The predicted molar refractivity (Wildman–Crippen MR) is 174 cm³/mol. The van der Waals surface area contributed by atoms with Gasteiger partial charge in [0.15, 0.2) is 0 Å². The molecule has 0 aliphatic heterocycles. The average Bonchev–Trinajstić information content (AvgIpc) is 2.97. The number of carboxylic acid groups (broad SMARTS) is 1. The highest BCUT2D eigenvalue weighted by Crippen LogP contribution is 2.15. The molecule has 0 rings (SSSR count). The number of hydrogen-bond donors (Lipinski definition) is 3. The van der Waals surface area contributed by atoms with Gasteiger partial charge in [0.25, 0.3) is 0 Å². The van der Waals surface area contributed by atoms with Gasteiger partial charge in [-0.05, 0) is 70.4 Å². The molecule has 0 aromatic rings. The second-order valence-corrected chi connectivity index (χ2v) is 11.6. The van der Waals surface area contributed by atoms with E-state index in [2.05, 4.69) is 37.4 Å². The largest absolute Gasteiger partial charge is 0.480 e. The monoisotopic (exact) mass is 592 g/mol. The zero-order chi connectivity index (χ0) is 31.1. The zero-order valence-corrected chi connectivity index (χ0v) is 27.1. The number of esters is 1. The first-order valence-corrected chi connectivity index (χ1v) is 17.2. The number of nitrogens with two attached hydrogens (primary N) is 1. The summed E-state index contributed by atoms with van der Waals surface area (Å²) in [7, 11) is 0. The summed E-state index contributed by atoms with van der Waals surface area (Å²) in [6, 6.07) is -0.870. The Bertz CT molecular complexity index is 722. The first-order chi connectivity index (χ1) is 20.4. The lowest BCUT2D eigenvalue weighted by atomic mass is 10.1. The van der Waals surface area contributed by atoms with Crippen LogP contribution in [-0.2, 0) is 19.1 Å². The first kappa shape index (κ1) is 39.8. The lowest BCUT2D eigenvalue weighted by Gasteiger charge is -2.15. The summed E-state index contributed by atoms with van der Waals surface area (Å²) in [4.78, 5) is 36.0. The van der Waals surface area contributed by atoms with Gasteiger partial charge in [-0.3, -0.25) is 9.59 Å². The van der Waals surface area contributed by atoms with Crippen LogP contribution in [0.5, 0.6) is 0 Å². The van der Waals surface area contributed by atoms with Crippen molar-refractivity contribution in [2.45, 2.75) is 174 Å². The molecular weight excluding hydrogens is 528 g/mol. The van der Waals surface area contributed by atoms with Crippen LogP contribution in [-0.4, -0.2) is 41.6 Å². The van der Waals surface area contributed by atoms with Crippen molar-refractivity contribution in [1.82, 2.24) is 5.32 Å². The first-order valence-electron chi connectivity index (χ1n) is 17.2. The molecule has 7 nitrogen and oxygen atoms in total. The van der Waals surface area contributed by atoms with E-state index in [1.165, 1.54) is 64.2 Å². The number of carbonyl (C=O) groups is 3. The van der Waals surface area contributed by atoms with Gasteiger partial charge >= 0.3 is 11.9 Å². The van der Waals surface area contributed by atoms with Crippen molar-refractivity contribution in [3.05, 3.63) is 24.3 Å². The van der Waals surface area contributed by atoms with Gasteiger partial charge in [-0.2, -0.15) is 0 Å². The topological polar surface area (TPSA) is 119 Å². The third-order valence-corrected chi connectivity index (χ3v) is 7.50. The number of amides is 1. The molecular formula is C35H64N2O5. The minimum absolute atomic E-state index is 0.109. The number of carbonyl (C=O) groups excluding carboxylic acids is 2. The van der Waals surface area contributed by atoms with Crippen LogP contribution in [0.25, 0.3) is 0 Å². The third-order valence-electron chi connectivity index (χ3n) is 7.50. The molecule has 0 saturated heterocycles. The van der Waals surface area contributed by atoms with Gasteiger partial charge in [-0.15, -0.1) is 0 Å². The van der Waals surface area contributed by atoms with Crippen molar-refractivity contribution in [2.24, 2.45) is 5.73 Å². The standard InChI is InChI=1S/C35H64N2O5/c1-3-5-7-9-11-13-15-17-23-29-34(39)42-31(25-20-16-14-12-10-8-6-4-2)26-21-18-19-22-28-33(38)37-32(35(40)41)27-24-30-36/h12,14,20,25,31-32H,3-11,13,15-19,21-24,26-30,36H2,1-2H3,(H,37,38)(H,40,41)/b14-12-,25-20-. The lowest BCUT2D eigenvalue weighted by molar-refractivity contribution is -0.147. The molecule has 4 N–H and O–H groups in total. The molecule has 0 fully saturated rings. The summed E-state index contributed by atoms with van der Waals surface area (Å²) in [6.07, 6.45) is 30.9. The molecule has 0 radical (unpaired) electrons. The Morgan fingerprint density at radius 3 is 1.95 bits per heavy atom. The van der Waals surface area contributed by atoms with Crippen molar-refractivity contribution in [1.29, 1.82) is 0 Å². The highest BCUT2D eigenvalue weighted by molar-refractivity contribution is 5.83. The smallest absolute Gasteiger partial charge is 0.326 e. The average molecular weight is 593 g/mol. The molecule has 0 bridgehead atoms.